The van der Waals surface area contributed by atoms with Gasteiger partial charge in [-0.1, -0.05) is 56.6 Å². The molecule has 0 spiro atoms. The number of hydrogen-bond donors (Lipinski definition) is 3. The Bertz CT molecular complexity index is 1620. The van der Waals surface area contributed by atoms with E-state index in [-0.39, 0.29) is 0 Å². The SMILES string of the molecule is C=C/C=C(C)\C=C(/CC)c1cc2c3c(ccc2[nH]1)-c1c(C2CCCCC2)c2sc(C(=O)O)cc2n1CCN3. The van der Waals surface area contributed by atoms with E-state index in [2.05, 4.69) is 59.6 Å². The summed E-state index contributed by atoms with van der Waals surface area (Å²) in [4.78, 5) is 16.0. The van der Waals surface area contributed by atoms with Gasteiger partial charge in [0, 0.05) is 35.2 Å². The molecule has 4 aromatic rings. The van der Waals surface area contributed by atoms with Crippen molar-refractivity contribution in [2.75, 3.05) is 11.9 Å². The molecule has 6 heteroatoms. The van der Waals surface area contributed by atoms with Crippen LogP contribution in [-0.2, 0) is 6.54 Å². The number of rotatable bonds is 6. The fourth-order valence-corrected chi connectivity index (χ4v) is 7.61. The fraction of sp³-hybridized carbons (Fsp3) is 0.344. The number of benzene rings is 1. The maximum atomic E-state index is 11.9. The molecule has 3 aromatic heterocycles. The first-order valence-corrected chi connectivity index (χ1v) is 14.6. The molecular formula is C32H35N3O2S. The van der Waals surface area contributed by atoms with Crippen molar-refractivity contribution in [3.05, 3.63) is 70.8 Å². The Morgan fingerprint density at radius 1 is 1.24 bits per heavy atom. The average molecular weight is 526 g/mol. The van der Waals surface area contributed by atoms with Gasteiger partial charge in [-0.3, -0.25) is 0 Å². The molecule has 0 unspecified atom stereocenters. The molecule has 0 saturated heterocycles. The van der Waals surface area contributed by atoms with Crippen molar-refractivity contribution < 1.29 is 9.90 Å². The van der Waals surface area contributed by atoms with Crippen molar-refractivity contribution in [1.29, 1.82) is 0 Å². The number of nitrogens with one attached hydrogen (secondary N) is 2. The zero-order valence-electron chi connectivity index (χ0n) is 22.2. The zero-order valence-corrected chi connectivity index (χ0v) is 23.0. The normalized spacial score (nSPS) is 16.8. The second-order valence-electron chi connectivity index (χ2n) is 10.6. The lowest BCUT2D eigenvalue weighted by Gasteiger charge is -2.23. The molecule has 5 nitrogen and oxygen atoms in total. The fourth-order valence-electron chi connectivity index (χ4n) is 6.48. The number of carbonyl (C=O) groups is 1. The molecule has 1 saturated carbocycles. The molecule has 0 amide bonds. The van der Waals surface area contributed by atoms with E-state index in [9.17, 15) is 9.90 Å². The van der Waals surface area contributed by atoms with E-state index in [0.717, 1.165) is 36.2 Å². The monoisotopic (exact) mass is 525 g/mol. The van der Waals surface area contributed by atoms with Gasteiger partial charge in [0.15, 0.2) is 0 Å². The van der Waals surface area contributed by atoms with Crippen LogP contribution in [0.2, 0.25) is 0 Å². The second kappa shape index (κ2) is 9.99. The van der Waals surface area contributed by atoms with Crippen LogP contribution in [0, 0.1) is 0 Å². The predicted octanol–water partition coefficient (Wildman–Crippen LogP) is 8.95. The number of fused-ring (bicyclic) bond motifs is 7. The molecule has 1 aliphatic carbocycles. The number of nitrogens with zero attached hydrogens (tertiary/aromatic N) is 1. The summed E-state index contributed by atoms with van der Waals surface area (Å²) in [7, 11) is 0. The second-order valence-corrected chi connectivity index (χ2v) is 11.7. The Balaban J connectivity index is 1.57. The Kier molecular flexibility index (Phi) is 6.52. The van der Waals surface area contributed by atoms with Gasteiger partial charge in [0.25, 0.3) is 0 Å². The minimum atomic E-state index is -0.832. The number of carboxylic acid groups (broad SMARTS) is 1. The number of hydrogen-bond acceptors (Lipinski definition) is 3. The van der Waals surface area contributed by atoms with Crippen LogP contribution in [0.4, 0.5) is 5.69 Å². The van der Waals surface area contributed by atoms with Crippen molar-refractivity contribution in [3.63, 3.8) is 0 Å². The smallest absolute Gasteiger partial charge is 0.345 e. The van der Waals surface area contributed by atoms with Gasteiger partial charge in [0.1, 0.15) is 4.88 Å². The van der Waals surface area contributed by atoms with E-state index in [1.807, 2.05) is 18.2 Å². The van der Waals surface area contributed by atoms with Crippen LogP contribution in [0.1, 0.15) is 79.2 Å². The third kappa shape index (κ3) is 4.11. The van der Waals surface area contributed by atoms with E-state index in [0.29, 0.717) is 10.8 Å². The standard InChI is InChI=1S/C32H35N3O2S/c1-4-9-19(3)16-20(5-2)25-17-23-24(34-25)13-12-22-29(23)33-14-15-35-26-18-27(32(36)37)38-31(26)28(30(22)35)21-10-7-6-8-11-21/h4,9,12-13,16-18,21,33-34H,1,5-8,10-11,14-15H2,2-3H3,(H,36,37)/b19-9-,20-16+. The third-order valence-electron chi connectivity index (χ3n) is 8.20. The first-order chi connectivity index (χ1) is 18.5. The first kappa shape index (κ1) is 24.8. The van der Waals surface area contributed by atoms with Crippen molar-refractivity contribution in [2.45, 2.75) is 64.8 Å². The highest BCUT2D eigenvalue weighted by Crippen LogP contribution is 2.50. The molecule has 6 rings (SSSR count). The average Bonchev–Trinajstić information content (AvgIpc) is 3.58. The van der Waals surface area contributed by atoms with Crippen molar-refractivity contribution in [2.24, 2.45) is 0 Å². The summed E-state index contributed by atoms with van der Waals surface area (Å²) < 4.78 is 3.56. The van der Waals surface area contributed by atoms with Gasteiger partial charge in [-0.2, -0.15) is 0 Å². The van der Waals surface area contributed by atoms with E-state index in [4.69, 9.17) is 0 Å². The molecule has 1 fully saturated rings. The third-order valence-corrected chi connectivity index (χ3v) is 9.35. The summed E-state index contributed by atoms with van der Waals surface area (Å²) in [6.45, 7) is 9.74. The first-order valence-electron chi connectivity index (χ1n) is 13.8. The summed E-state index contributed by atoms with van der Waals surface area (Å²) in [6, 6.07) is 8.66. The summed E-state index contributed by atoms with van der Waals surface area (Å²) in [5, 5.41) is 14.7. The Morgan fingerprint density at radius 2 is 2.05 bits per heavy atom. The van der Waals surface area contributed by atoms with Crippen LogP contribution in [-0.4, -0.2) is 27.2 Å². The van der Waals surface area contributed by atoms with Gasteiger partial charge in [-0.25, -0.2) is 4.79 Å². The van der Waals surface area contributed by atoms with Crippen LogP contribution < -0.4 is 5.32 Å². The molecule has 0 radical (unpaired) electrons. The molecule has 1 aliphatic heterocycles. The number of thiophene rings is 1. The van der Waals surface area contributed by atoms with Gasteiger partial charge in [0.2, 0.25) is 0 Å². The van der Waals surface area contributed by atoms with Crippen LogP contribution in [0.25, 0.3) is 38.0 Å². The molecular weight excluding hydrogens is 490 g/mol. The number of aromatic carboxylic acids is 1. The zero-order chi connectivity index (χ0) is 26.4. The lowest BCUT2D eigenvalue weighted by molar-refractivity contribution is 0.0702. The van der Waals surface area contributed by atoms with E-state index >= 15 is 0 Å². The lowest BCUT2D eigenvalue weighted by atomic mass is 9.83. The van der Waals surface area contributed by atoms with Crippen molar-refractivity contribution in [1.82, 2.24) is 9.55 Å². The predicted molar refractivity (Wildman–Crippen MR) is 161 cm³/mol. The van der Waals surface area contributed by atoms with Gasteiger partial charge in [-0.15, -0.1) is 11.3 Å². The van der Waals surface area contributed by atoms with Gasteiger partial charge >= 0.3 is 5.97 Å². The van der Waals surface area contributed by atoms with E-state index in [1.165, 1.54) is 87.2 Å². The largest absolute Gasteiger partial charge is 0.477 e. The highest BCUT2D eigenvalue weighted by molar-refractivity contribution is 7.21. The summed E-state index contributed by atoms with van der Waals surface area (Å²) in [6.07, 6.45) is 13.2. The molecule has 2 aliphatic rings. The summed E-state index contributed by atoms with van der Waals surface area (Å²) >= 11 is 1.46. The van der Waals surface area contributed by atoms with Crippen molar-refractivity contribution in [3.8, 4) is 11.3 Å². The molecule has 3 N–H and O–H groups in total. The quantitative estimate of drug-likeness (QED) is 0.220. The maximum Gasteiger partial charge on any atom is 0.345 e. The summed E-state index contributed by atoms with van der Waals surface area (Å²) in [5.74, 6) is -0.359. The molecule has 0 atom stereocenters. The van der Waals surface area contributed by atoms with Crippen LogP contribution in [0.5, 0.6) is 0 Å². The number of allylic oxidation sites excluding steroid dienone is 5. The summed E-state index contributed by atoms with van der Waals surface area (Å²) in [5.41, 5.74) is 10.9. The number of carboxylic acids is 1. The minimum absolute atomic E-state index is 0.435. The number of anilines is 1. The van der Waals surface area contributed by atoms with E-state index in [1.54, 1.807) is 0 Å². The van der Waals surface area contributed by atoms with Gasteiger partial charge in [0.05, 0.1) is 21.6 Å². The highest BCUT2D eigenvalue weighted by atomic mass is 32.1. The Morgan fingerprint density at radius 3 is 2.79 bits per heavy atom. The van der Waals surface area contributed by atoms with Crippen LogP contribution in [0.15, 0.2) is 54.6 Å². The number of aromatic amines is 1. The Labute approximate surface area is 227 Å². The highest BCUT2D eigenvalue weighted by Gasteiger charge is 2.31. The topological polar surface area (TPSA) is 70.0 Å². The molecule has 4 heterocycles. The Hall–Kier alpha value is -3.51. The molecule has 38 heavy (non-hydrogen) atoms. The van der Waals surface area contributed by atoms with Crippen LogP contribution in [0.3, 0.4) is 0 Å². The van der Waals surface area contributed by atoms with Gasteiger partial charge in [-0.05, 0) is 67.5 Å². The van der Waals surface area contributed by atoms with Crippen LogP contribution >= 0.6 is 11.3 Å². The molecule has 1 aromatic carbocycles. The molecule has 196 valence electrons. The lowest BCUT2D eigenvalue weighted by Crippen LogP contribution is -2.08. The van der Waals surface area contributed by atoms with E-state index < -0.39 is 5.97 Å². The number of H-pyrrole nitrogens is 1. The number of aromatic nitrogens is 2. The maximum absolute atomic E-state index is 11.9. The molecule has 0 bridgehead atoms. The minimum Gasteiger partial charge on any atom is -0.477 e. The van der Waals surface area contributed by atoms with Gasteiger partial charge < -0.3 is 20.0 Å². The van der Waals surface area contributed by atoms with Crippen molar-refractivity contribution >= 4 is 49.7 Å².